The molecule has 0 bridgehead atoms. The molecule has 260 valence electrons. The molecule has 2 aliphatic heterocycles. The normalized spacial score (nSPS) is 19.6. The lowest BCUT2D eigenvalue weighted by Gasteiger charge is -2.40. The van der Waals surface area contributed by atoms with E-state index in [0.717, 1.165) is 59.6 Å². The number of anilines is 2. The van der Waals surface area contributed by atoms with Gasteiger partial charge in [0.05, 0.1) is 0 Å². The lowest BCUT2D eigenvalue weighted by Crippen LogP contribution is -2.46. The number of hydrogen-bond acceptors (Lipinski definition) is 10. The minimum Gasteiger partial charge on any atom is -0.431 e. The highest BCUT2D eigenvalue weighted by molar-refractivity contribution is 5.92. The Kier molecular flexibility index (Phi) is 10.6. The molecule has 4 aromatic rings. The van der Waals surface area contributed by atoms with E-state index in [1.165, 1.54) is 12.2 Å². The van der Waals surface area contributed by atoms with Gasteiger partial charge in [-0.25, -0.2) is 9.59 Å². The topological polar surface area (TPSA) is 91.3 Å². The van der Waals surface area contributed by atoms with Crippen molar-refractivity contribution in [1.29, 1.82) is 0 Å². The van der Waals surface area contributed by atoms with E-state index >= 15 is 0 Å². The third kappa shape index (κ3) is 7.27. The highest BCUT2D eigenvalue weighted by Crippen LogP contribution is 2.48. The van der Waals surface area contributed by atoms with Crippen LogP contribution in [-0.2, 0) is 43.6 Å². The van der Waals surface area contributed by atoms with Gasteiger partial charge < -0.3 is 29.1 Å². The quantitative estimate of drug-likeness (QED) is 0.120. The van der Waals surface area contributed by atoms with Crippen molar-refractivity contribution < 1.29 is 19.1 Å². The fourth-order valence-electron chi connectivity index (χ4n) is 7.28. The predicted octanol–water partition coefficient (Wildman–Crippen LogP) is 5.85. The van der Waals surface area contributed by atoms with Gasteiger partial charge in [0.15, 0.2) is 0 Å². The van der Waals surface area contributed by atoms with E-state index in [9.17, 15) is 9.59 Å². The SMILES string of the molecule is CN(C)CCCC1(OC(=O)/C=C\C(=O)OC2(CCCN(C)C)c3ccccc3CN2c2ccncc2)c2ccccc2CN1c1ccncc1. The Bertz CT molecular complexity index is 1670. The molecule has 0 saturated carbocycles. The standard InChI is InChI=1S/C40H46N6O4/c1-43(2)27-9-21-39(35-13-7-5-11-31(35)29-45(39)33-17-23-41-24-18-33)49-37(47)15-16-38(48)50-40(22-10-28-44(3)4)36-14-8-6-12-32(36)30-46(40)34-19-25-42-26-20-34/h5-8,11-20,23-26H,9-10,21-22,27-30H2,1-4H3/b16-15-. The van der Waals surface area contributed by atoms with Gasteiger partial charge in [0.25, 0.3) is 0 Å². The second-order valence-corrected chi connectivity index (χ2v) is 13.5. The molecular weight excluding hydrogens is 628 g/mol. The van der Waals surface area contributed by atoms with Gasteiger partial charge in [0.1, 0.15) is 0 Å². The highest BCUT2D eigenvalue weighted by Gasteiger charge is 2.49. The molecule has 4 heterocycles. The van der Waals surface area contributed by atoms with Crippen molar-refractivity contribution in [3.63, 3.8) is 0 Å². The fourth-order valence-corrected chi connectivity index (χ4v) is 7.28. The maximum Gasteiger partial charge on any atom is 0.333 e. The molecule has 2 atom stereocenters. The average molecular weight is 675 g/mol. The van der Waals surface area contributed by atoms with Crippen LogP contribution in [0.25, 0.3) is 0 Å². The number of carbonyl (C=O) groups is 2. The maximum absolute atomic E-state index is 13.9. The van der Waals surface area contributed by atoms with Gasteiger partial charge in [0.2, 0.25) is 11.4 Å². The van der Waals surface area contributed by atoms with Crippen molar-refractivity contribution in [2.45, 2.75) is 50.2 Å². The van der Waals surface area contributed by atoms with Crippen LogP contribution in [0.2, 0.25) is 0 Å². The fraction of sp³-hybridized carbons (Fsp3) is 0.350. The van der Waals surface area contributed by atoms with E-state index in [1.54, 1.807) is 24.8 Å². The van der Waals surface area contributed by atoms with Gasteiger partial charge in [-0.3, -0.25) is 9.97 Å². The first-order valence-corrected chi connectivity index (χ1v) is 17.2. The highest BCUT2D eigenvalue weighted by atomic mass is 16.6. The van der Waals surface area contributed by atoms with E-state index < -0.39 is 23.4 Å². The molecule has 2 unspecified atom stereocenters. The third-order valence-corrected chi connectivity index (χ3v) is 9.49. The Morgan fingerprint density at radius 2 is 1.02 bits per heavy atom. The summed E-state index contributed by atoms with van der Waals surface area (Å²) >= 11 is 0. The molecule has 0 N–H and O–H groups in total. The summed E-state index contributed by atoms with van der Waals surface area (Å²) in [6.07, 6.45) is 12.0. The number of pyridine rings is 2. The van der Waals surface area contributed by atoms with E-state index in [1.807, 2.05) is 88.9 Å². The van der Waals surface area contributed by atoms with Gasteiger partial charge in [-0.1, -0.05) is 48.5 Å². The summed E-state index contributed by atoms with van der Waals surface area (Å²) < 4.78 is 13.0. The number of esters is 2. The summed E-state index contributed by atoms with van der Waals surface area (Å²) in [7, 11) is 8.12. The second kappa shape index (κ2) is 15.2. The maximum atomic E-state index is 13.9. The van der Waals surface area contributed by atoms with Crippen LogP contribution >= 0.6 is 0 Å². The average Bonchev–Trinajstić information content (AvgIpc) is 3.60. The zero-order valence-corrected chi connectivity index (χ0v) is 29.4. The van der Waals surface area contributed by atoms with Crippen molar-refractivity contribution in [3.8, 4) is 0 Å². The zero-order chi connectivity index (χ0) is 35.1. The van der Waals surface area contributed by atoms with Crippen LogP contribution < -0.4 is 9.80 Å². The lowest BCUT2D eigenvalue weighted by molar-refractivity contribution is -0.158. The molecule has 0 fully saturated rings. The third-order valence-electron chi connectivity index (χ3n) is 9.49. The molecular formula is C40H46N6O4. The van der Waals surface area contributed by atoms with Crippen molar-refractivity contribution in [1.82, 2.24) is 19.8 Å². The minimum absolute atomic E-state index is 0.557. The Morgan fingerprint density at radius 1 is 0.640 bits per heavy atom. The number of carbonyl (C=O) groups excluding carboxylic acids is 2. The van der Waals surface area contributed by atoms with E-state index in [-0.39, 0.29) is 0 Å². The van der Waals surface area contributed by atoms with Crippen LogP contribution in [0.5, 0.6) is 0 Å². The van der Waals surface area contributed by atoms with Crippen LogP contribution in [0.3, 0.4) is 0 Å². The first-order valence-electron chi connectivity index (χ1n) is 17.2. The largest absolute Gasteiger partial charge is 0.431 e. The Balaban J connectivity index is 1.30. The molecule has 2 aromatic heterocycles. The summed E-state index contributed by atoms with van der Waals surface area (Å²) in [6.45, 7) is 2.78. The summed E-state index contributed by atoms with van der Waals surface area (Å²) in [5.74, 6) is -1.25. The van der Waals surface area contributed by atoms with E-state index in [0.29, 0.717) is 25.9 Å². The van der Waals surface area contributed by atoms with E-state index in [2.05, 4.69) is 41.7 Å². The van der Waals surface area contributed by atoms with Gasteiger partial charge in [0, 0.05) is 85.4 Å². The van der Waals surface area contributed by atoms with Gasteiger partial charge in [-0.15, -0.1) is 0 Å². The Hall–Kier alpha value is -5.06. The molecule has 50 heavy (non-hydrogen) atoms. The summed E-state index contributed by atoms with van der Waals surface area (Å²) in [6, 6.07) is 23.9. The molecule has 0 radical (unpaired) electrons. The van der Waals surface area contributed by atoms with Crippen molar-refractivity contribution in [3.05, 3.63) is 132 Å². The Morgan fingerprint density at radius 3 is 1.40 bits per heavy atom. The van der Waals surface area contributed by atoms with Crippen LogP contribution in [-0.4, -0.2) is 73.0 Å². The molecule has 10 nitrogen and oxygen atoms in total. The number of benzene rings is 2. The molecule has 0 aliphatic carbocycles. The van der Waals surface area contributed by atoms with Crippen molar-refractivity contribution in [2.75, 3.05) is 51.1 Å². The molecule has 0 saturated heterocycles. The van der Waals surface area contributed by atoms with Gasteiger partial charge in [-0.2, -0.15) is 0 Å². The van der Waals surface area contributed by atoms with Crippen LogP contribution in [0, 0.1) is 0 Å². The smallest absolute Gasteiger partial charge is 0.333 e. The minimum atomic E-state index is -1.07. The molecule has 0 spiro atoms. The number of rotatable bonds is 14. The number of hydrogen-bond donors (Lipinski definition) is 0. The molecule has 6 rings (SSSR count). The molecule has 0 amide bonds. The van der Waals surface area contributed by atoms with Crippen LogP contribution in [0.1, 0.15) is 47.9 Å². The number of nitrogens with zero attached hydrogens (tertiary/aromatic N) is 6. The predicted molar refractivity (Wildman–Crippen MR) is 194 cm³/mol. The summed E-state index contributed by atoms with van der Waals surface area (Å²) in [5, 5.41) is 0. The molecule has 2 aliphatic rings. The summed E-state index contributed by atoms with van der Waals surface area (Å²) in [4.78, 5) is 44.6. The van der Waals surface area contributed by atoms with Crippen molar-refractivity contribution >= 4 is 23.3 Å². The van der Waals surface area contributed by atoms with Crippen molar-refractivity contribution in [2.24, 2.45) is 0 Å². The summed E-state index contributed by atoms with van der Waals surface area (Å²) in [5.41, 5.74) is 3.69. The Labute approximate surface area is 294 Å². The van der Waals surface area contributed by atoms with Crippen LogP contribution in [0.4, 0.5) is 11.4 Å². The van der Waals surface area contributed by atoms with Gasteiger partial charge in [-0.05, 0) is 89.5 Å². The van der Waals surface area contributed by atoms with Gasteiger partial charge >= 0.3 is 11.9 Å². The van der Waals surface area contributed by atoms with Crippen LogP contribution in [0.15, 0.2) is 110 Å². The molecule has 10 heteroatoms. The monoisotopic (exact) mass is 674 g/mol. The van der Waals surface area contributed by atoms with E-state index in [4.69, 9.17) is 9.47 Å². The molecule has 2 aromatic carbocycles. The number of fused-ring (bicyclic) bond motifs is 2. The zero-order valence-electron chi connectivity index (χ0n) is 29.4. The number of ether oxygens (including phenoxy) is 2. The lowest BCUT2D eigenvalue weighted by atomic mass is 9.95. The number of aromatic nitrogens is 2. The first kappa shape index (κ1) is 34.8. The first-order chi connectivity index (χ1) is 24.2. The second-order valence-electron chi connectivity index (χ2n) is 13.5.